The first-order chi connectivity index (χ1) is 13.6. The summed E-state index contributed by atoms with van der Waals surface area (Å²) in [5.41, 5.74) is -0.747. The Hall–Kier alpha value is -4.08. The molecule has 10 heteroatoms. The number of nitrogens with zero attached hydrogens (tertiary/aromatic N) is 5. The molecular weight excluding hydrogens is 364 g/mol. The molecule has 0 aliphatic carbocycles. The first-order valence-electron chi connectivity index (χ1n) is 8.36. The van der Waals surface area contributed by atoms with Crippen LogP contribution in [0.1, 0.15) is 10.4 Å². The highest BCUT2D eigenvalue weighted by atomic mass is 16.4. The lowest BCUT2D eigenvalue weighted by Crippen LogP contribution is -2.34. The van der Waals surface area contributed by atoms with Gasteiger partial charge in [-0.3, -0.25) is 9.59 Å². The second kappa shape index (κ2) is 7.27. The van der Waals surface area contributed by atoms with E-state index in [1.807, 2.05) is 0 Å². The van der Waals surface area contributed by atoms with Crippen LogP contribution in [0.3, 0.4) is 0 Å². The molecule has 10 nitrogen and oxygen atoms in total. The van der Waals surface area contributed by atoms with E-state index >= 15 is 0 Å². The molecule has 140 valence electrons. The summed E-state index contributed by atoms with van der Waals surface area (Å²) in [6.45, 7) is 0.213. The minimum atomic E-state index is -0.723. The minimum absolute atomic E-state index is 0.0960. The molecule has 0 fully saturated rings. The van der Waals surface area contributed by atoms with Crippen LogP contribution in [-0.4, -0.2) is 37.0 Å². The summed E-state index contributed by atoms with van der Waals surface area (Å²) >= 11 is 0. The Labute approximate surface area is 157 Å². The van der Waals surface area contributed by atoms with Gasteiger partial charge in [0, 0.05) is 18.0 Å². The lowest BCUT2D eigenvalue weighted by molar-refractivity contribution is 0.0948. The third-order valence-corrected chi connectivity index (χ3v) is 4.00. The zero-order valence-corrected chi connectivity index (χ0v) is 14.5. The monoisotopic (exact) mass is 378 g/mol. The Morgan fingerprint density at radius 2 is 2.00 bits per heavy atom. The number of hydrogen-bond donors (Lipinski definition) is 1. The molecule has 0 unspecified atom stereocenters. The highest BCUT2D eigenvalue weighted by Gasteiger charge is 2.13. The van der Waals surface area contributed by atoms with E-state index in [2.05, 4.69) is 20.5 Å². The van der Waals surface area contributed by atoms with Crippen molar-refractivity contribution < 1.29 is 9.21 Å². The van der Waals surface area contributed by atoms with Gasteiger partial charge in [0.1, 0.15) is 23.8 Å². The molecule has 1 aromatic carbocycles. The molecule has 4 aromatic rings. The predicted octanol–water partition coefficient (Wildman–Crippen LogP) is 0.360. The second-order valence-electron chi connectivity index (χ2n) is 5.83. The van der Waals surface area contributed by atoms with Gasteiger partial charge in [-0.2, -0.15) is 5.10 Å². The summed E-state index contributed by atoms with van der Waals surface area (Å²) in [5, 5.41) is 11.4. The van der Waals surface area contributed by atoms with Crippen molar-refractivity contribution in [1.29, 1.82) is 0 Å². The average molecular weight is 378 g/mol. The van der Waals surface area contributed by atoms with Gasteiger partial charge < -0.3 is 9.73 Å². The van der Waals surface area contributed by atoms with E-state index in [4.69, 9.17) is 4.42 Å². The van der Waals surface area contributed by atoms with Crippen LogP contribution in [0.4, 0.5) is 0 Å². The lowest BCUT2D eigenvalue weighted by Gasteiger charge is -2.08. The molecule has 0 spiro atoms. The van der Waals surface area contributed by atoms with Gasteiger partial charge in [0.05, 0.1) is 6.54 Å². The molecule has 4 rings (SSSR count). The van der Waals surface area contributed by atoms with Gasteiger partial charge in [-0.25, -0.2) is 19.1 Å². The normalized spacial score (nSPS) is 10.9. The smallest absolute Gasteiger partial charge is 0.349 e. The predicted molar refractivity (Wildman–Crippen MR) is 98.2 cm³/mol. The molecule has 1 amide bonds. The molecule has 0 bridgehead atoms. The van der Waals surface area contributed by atoms with Crippen LogP contribution in [0.5, 0.6) is 0 Å². The standard InChI is InChI=1S/C18H14N6O4/c25-16-6-5-15(24-11-19-10-21-24)22-23(16)8-7-20-17(26)13-9-12-3-1-2-4-14(12)28-18(13)27/h1-6,9-11H,7-8H2,(H,20,26). The van der Waals surface area contributed by atoms with Crippen molar-refractivity contribution in [2.45, 2.75) is 6.54 Å². The van der Waals surface area contributed by atoms with Crippen molar-refractivity contribution in [3.05, 3.63) is 81.5 Å². The molecule has 28 heavy (non-hydrogen) atoms. The molecule has 1 N–H and O–H groups in total. The Bertz CT molecular complexity index is 1260. The summed E-state index contributed by atoms with van der Waals surface area (Å²) in [6.07, 6.45) is 2.81. The number of carbonyl (C=O) groups excluding carboxylic acids is 1. The SMILES string of the molecule is O=C(NCCn1nc(-n2cncn2)ccc1=O)c1cc2ccccc2oc1=O. The molecule has 0 saturated carbocycles. The molecule has 0 radical (unpaired) electrons. The van der Waals surface area contributed by atoms with E-state index in [1.54, 1.807) is 24.3 Å². The van der Waals surface area contributed by atoms with Gasteiger partial charge in [0.2, 0.25) is 0 Å². The van der Waals surface area contributed by atoms with Crippen molar-refractivity contribution >= 4 is 16.9 Å². The van der Waals surface area contributed by atoms with Gasteiger partial charge in [-0.15, -0.1) is 5.10 Å². The van der Waals surface area contributed by atoms with Crippen LogP contribution in [0.25, 0.3) is 16.8 Å². The number of fused-ring (bicyclic) bond motifs is 1. The largest absolute Gasteiger partial charge is 0.422 e. The fourth-order valence-corrected chi connectivity index (χ4v) is 2.64. The molecule has 0 aliphatic rings. The van der Waals surface area contributed by atoms with Gasteiger partial charge >= 0.3 is 5.63 Å². The fraction of sp³-hybridized carbons (Fsp3) is 0.111. The fourth-order valence-electron chi connectivity index (χ4n) is 2.64. The molecule has 0 aliphatic heterocycles. The van der Waals surface area contributed by atoms with E-state index in [9.17, 15) is 14.4 Å². The lowest BCUT2D eigenvalue weighted by atomic mass is 10.2. The number of carbonyl (C=O) groups is 1. The summed E-state index contributed by atoms with van der Waals surface area (Å²) < 4.78 is 7.76. The number of nitrogens with one attached hydrogen (secondary N) is 1. The number of benzene rings is 1. The van der Waals surface area contributed by atoms with E-state index in [-0.39, 0.29) is 24.2 Å². The van der Waals surface area contributed by atoms with Crippen LogP contribution in [0, 0.1) is 0 Å². The van der Waals surface area contributed by atoms with Crippen LogP contribution < -0.4 is 16.5 Å². The van der Waals surface area contributed by atoms with Crippen LogP contribution in [-0.2, 0) is 6.54 Å². The summed E-state index contributed by atoms with van der Waals surface area (Å²) in [6, 6.07) is 11.3. The van der Waals surface area contributed by atoms with E-state index < -0.39 is 11.5 Å². The van der Waals surface area contributed by atoms with Crippen molar-refractivity contribution in [1.82, 2.24) is 29.9 Å². The van der Waals surface area contributed by atoms with Crippen LogP contribution in [0.15, 0.2) is 69.1 Å². The Morgan fingerprint density at radius 1 is 1.14 bits per heavy atom. The molecular formula is C18H14N6O4. The zero-order chi connectivity index (χ0) is 19.5. The van der Waals surface area contributed by atoms with Gasteiger partial charge in [0.15, 0.2) is 5.82 Å². The van der Waals surface area contributed by atoms with Crippen LogP contribution >= 0.6 is 0 Å². The molecule has 0 atom stereocenters. The van der Waals surface area contributed by atoms with Gasteiger partial charge in [-0.1, -0.05) is 18.2 Å². The minimum Gasteiger partial charge on any atom is -0.422 e. The molecule has 3 aromatic heterocycles. The van der Waals surface area contributed by atoms with Crippen molar-refractivity contribution in [2.75, 3.05) is 6.54 Å². The van der Waals surface area contributed by atoms with Crippen molar-refractivity contribution in [3.63, 3.8) is 0 Å². The van der Waals surface area contributed by atoms with E-state index in [1.165, 1.54) is 40.2 Å². The topological polar surface area (TPSA) is 125 Å². The third-order valence-electron chi connectivity index (χ3n) is 4.00. The van der Waals surface area contributed by atoms with Gasteiger partial charge in [-0.05, 0) is 18.2 Å². The third kappa shape index (κ3) is 3.43. The number of amides is 1. The Kier molecular flexibility index (Phi) is 4.50. The number of hydrogen-bond acceptors (Lipinski definition) is 7. The maximum Gasteiger partial charge on any atom is 0.349 e. The number of para-hydroxylation sites is 1. The first-order valence-corrected chi connectivity index (χ1v) is 8.36. The maximum atomic E-state index is 12.3. The summed E-state index contributed by atoms with van der Waals surface area (Å²) in [7, 11) is 0. The van der Waals surface area contributed by atoms with Crippen molar-refractivity contribution in [3.8, 4) is 5.82 Å². The maximum absolute atomic E-state index is 12.3. The summed E-state index contributed by atoms with van der Waals surface area (Å²) in [4.78, 5) is 40.2. The average Bonchev–Trinajstić information content (AvgIpc) is 3.23. The second-order valence-corrected chi connectivity index (χ2v) is 5.83. The zero-order valence-electron chi connectivity index (χ0n) is 14.5. The molecule has 0 saturated heterocycles. The van der Waals surface area contributed by atoms with Crippen molar-refractivity contribution in [2.24, 2.45) is 0 Å². The Morgan fingerprint density at radius 3 is 2.82 bits per heavy atom. The van der Waals surface area contributed by atoms with E-state index in [0.717, 1.165) is 0 Å². The number of rotatable bonds is 5. The number of aromatic nitrogens is 5. The quantitative estimate of drug-likeness (QED) is 0.497. The summed E-state index contributed by atoms with van der Waals surface area (Å²) in [5.74, 6) is -0.168. The highest BCUT2D eigenvalue weighted by molar-refractivity contribution is 5.96. The first kappa shape index (κ1) is 17.3. The molecule has 3 heterocycles. The highest BCUT2D eigenvalue weighted by Crippen LogP contribution is 2.12. The van der Waals surface area contributed by atoms with Gasteiger partial charge in [0.25, 0.3) is 11.5 Å². The Balaban J connectivity index is 1.48. The van der Waals surface area contributed by atoms with Crippen LogP contribution in [0.2, 0.25) is 0 Å². The van der Waals surface area contributed by atoms with E-state index in [0.29, 0.717) is 16.8 Å².